The lowest BCUT2D eigenvalue weighted by Gasteiger charge is -1.90. The normalized spacial score (nSPS) is 10.6. The van der Waals surface area contributed by atoms with Crippen molar-refractivity contribution < 1.29 is 10.2 Å². The van der Waals surface area contributed by atoms with Gasteiger partial charge in [0.15, 0.2) is 0 Å². The van der Waals surface area contributed by atoms with Crippen molar-refractivity contribution in [2.75, 3.05) is 12.3 Å². The maximum atomic E-state index is 5.40. The van der Waals surface area contributed by atoms with E-state index in [2.05, 4.69) is 22.9 Å². The summed E-state index contributed by atoms with van der Waals surface area (Å²) in [4.78, 5) is 0. The van der Waals surface area contributed by atoms with Gasteiger partial charge in [0.2, 0.25) is 5.89 Å². The van der Waals surface area contributed by atoms with Gasteiger partial charge in [0.25, 0.3) is 5.22 Å². The number of aromatic nitrogens is 2. The summed E-state index contributed by atoms with van der Waals surface area (Å²) in [7, 11) is 0. The summed E-state index contributed by atoms with van der Waals surface area (Å²) in [5.41, 5.74) is 3.76. The van der Waals surface area contributed by atoms with E-state index in [1.807, 2.05) is 0 Å². The van der Waals surface area contributed by atoms with E-state index in [1.165, 1.54) is 0 Å². The predicted molar refractivity (Wildman–Crippen MR) is 51.4 cm³/mol. The van der Waals surface area contributed by atoms with Gasteiger partial charge >= 0.3 is 0 Å². The monoisotopic (exact) mass is 202 g/mol. The Labute approximate surface area is 82.3 Å². The van der Waals surface area contributed by atoms with Gasteiger partial charge in [-0.15, -0.1) is 10.2 Å². The van der Waals surface area contributed by atoms with E-state index in [4.69, 9.17) is 4.42 Å². The lowest BCUT2D eigenvalue weighted by Crippen LogP contribution is -2.50. The Morgan fingerprint density at radius 3 is 3.00 bits per heavy atom. The van der Waals surface area contributed by atoms with Crippen molar-refractivity contribution in [2.45, 2.75) is 31.4 Å². The molecule has 0 fully saturated rings. The van der Waals surface area contributed by atoms with Gasteiger partial charge in [-0.3, -0.25) is 0 Å². The number of hydrogen-bond donors (Lipinski definition) is 1. The molecule has 0 radical (unpaired) electrons. The van der Waals surface area contributed by atoms with E-state index in [-0.39, 0.29) is 0 Å². The number of quaternary nitrogens is 1. The van der Waals surface area contributed by atoms with Gasteiger partial charge in [0.1, 0.15) is 0 Å². The number of rotatable bonds is 6. The van der Waals surface area contributed by atoms with Crippen LogP contribution in [-0.2, 0) is 6.42 Å². The second kappa shape index (κ2) is 5.99. The summed E-state index contributed by atoms with van der Waals surface area (Å²) in [6.07, 6.45) is 2.99. The molecule has 0 aliphatic carbocycles. The fourth-order valence-electron chi connectivity index (χ4n) is 0.863. The Morgan fingerprint density at radius 1 is 1.46 bits per heavy atom. The summed E-state index contributed by atoms with van der Waals surface area (Å²) in [6, 6.07) is 0. The Morgan fingerprint density at radius 2 is 2.31 bits per heavy atom. The van der Waals surface area contributed by atoms with Crippen molar-refractivity contribution in [3.05, 3.63) is 5.89 Å². The average Bonchev–Trinajstić information content (AvgIpc) is 2.59. The van der Waals surface area contributed by atoms with Gasteiger partial charge in [-0.1, -0.05) is 18.7 Å². The fraction of sp³-hybridized carbons (Fsp3) is 0.750. The smallest absolute Gasteiger partial charge is 0.276 e. The van der Waals surface area contributed by atoms with Crippen molar-refractivity contribution in [3.8, 4) is 0 Å². The van der Waals surface area contributed by atoms with Gasteiger partial charge < -0.3 is 10.2 Å². The first kappa shape index (κ1) is 10.5. The number of thioether (sulfide) groups is 1. The lowest BCUT2D eigenvalue weighted by atomic mass is 10.3. The molecule has 0 unspecified atom stereocenters. The summed E-state index contributed by atoms with van der Waals surface area (Å²) in [6.45, 7) is 3.05. The second-order valence-corrected chi connectivity index (χ2v) is 3.81. The molecule has 0 saturated heterocycles. The molecular weight excluding hydrogens is 186 g/mol. The third-order valence-electron chi connectivity index (χ3n) is 1.52. The molecule has 0 aliphatic rings. The molecule has 0 amide bonds. The first-order valence-electron chi connectivity index (χ1n) is 4.61. The van der Waals surface area contributed by atoms with E-state index in [0.717, 1.165) is 37.5 Å². The predicted octanol–water partition coefficient (Wildman–Crippen LogP) is 0.746. The largest absolute Gasteiger partial charge is 0.416 e. The minimum Gasteiger partial charge on any atom is -0.416 e. The van der Waals surface area contributed by atoms with E-state index in [1.54, 1.807) is 11.8 Å². The molecule has 13 heavy (non-hydrogen) atoms. The van der Waals surface area contributed by atoms with Crippen LogP contribution in [0.15, 0.2) is 9.64 Å². The van der Waals surface area contributed by atoms with Crippen LogP contribution in [0.5, 0.6) is 0 Å². The minimum atomic E-state index is 0.695. The molecule has 1 aromatic heterocycles. The molecule has 74 valence electrons. The summed E-state index contributed by atoms with van der Waals surface area (Å²) in [5.74, 6) is 1.78. The van der Waals surface area contributed by atoms with E-state index < -0.39 is 0 Å². The Balaban J connectivity index is 2.34. The van der Waals surface area contributed by atoms with Crippen molar-refractivity contribution in [2.24, 2.45) is 0 Å². The number of nitrogens with zero attached hydrogens (tertiary/aromatic N) is 2. The molecule has 0 bridgehead atoms. The van der Waals surface area contributed by atoms with E-state index >= 15 is 0 Å². The third kappa shape index (κ3) is 3.78. The maximum Gasteiger partial charge on any atom is 0.276 e. The summed E-state index contributed by atoms with van der Waals surface area (Å²) < 4.78 is 5.40. The highest BCUT2D eigenvalue weighted by Crippen LogP contribution is 2.16. The van der Waals surface area contributed by atoms with E-state index in [0.29, 0.717) is 5.22 Å². The molecule has 0 atom stereocenters. The Kier molecular flexibility index (Phi) is 4.85. The first-order valence-corrected chi connectivity index (χ1v) is 5.59. The molecule has 4 nitrogen and oxygen atoms in total. The standard InChI is InChI=1S/C8H15N3OS/c1-2-6-13-8-11-10-7(12-8)4-3-5-9/h2-6,9H2,1H3/p+1. The highest BCUT2D eigenvalue weighted by atomic mass is 32.2. The molecule has 1 heterocycles. The van der Waals surface area contributed by atoms with Gasteiger partial charge in [0, 0.05) is 18.6 Å². The van der Waals surface area contributed by atoms with Crippen LogP contribution in [0.4, 0.5) is 0 Å². The highest BCUT2D eigenvalue weighted by molar-refractivity contribution is 7.99. The molecule has 0 aliphatic heterocycles. The highest BCUT2D eigenvalue weighted by Gasteiger charge is 2.05. The second-order valence-electron chi connectivity index (χ2n) is 2.77. The summed E-state index contributed by atoms with van der Waals surface area (Å²) in [5, 5.41) is 8.57. The molecule has 1 aromatic rings. The maximum absolute atomic E-state index is 5.40. The van der Waals surface area contributed by atoms with Crippen LogP contribution in [-0.4, -0.2) is 22.5 Å². The van der Waals surface area contributed by atoms with Crippen molar-refractivity contribution in [1.29, 1.82) is 0 Å². The fourth-order valence-corrected chi connectivity index (χ4v) is 1.50. The van der Waals surface area contributed by atoms with Crippen LogP contribution >= 0.6 is 11.8 Å². The van der Waals surface area contributed by atoms with Crippen LogP contribution in [0.3, 0.4) is 0 Å². The van der Waals surface area contributed by atoms with Crippen LogP contribution in [0.25, 0.3) is 0 Å². The minimum absolute atomic E-state index is 0.695. The van der Waals surface area contributed by atoms with Crippen molar-refractivity contribution in [1.82, 2.24) is 10.2 Å². The third-order valence-corrected chi connectivity index (χ3v) is 2.54. The quantitative estimate of drug-likeness (QED) is 0.691. The first-order chi connectivity index (χ1) is 6.36. The van der Waals surface area contributed by atoms with Crippen LogP contribution in [0.1, 0.15) is 25.7 Å². The lowest BCUT2D eigenvalue weighted by molar-refractivity contribution is -0.368. The Bertz CT molecular complexity index is 217. The van der Waals surface area contributed by atoms with E-state index in [9.17, 15) is 0 Å². The summed E-state index contributed by atoms with van der Waals surface area (Å²) >= 11 is 1.62. The van der Waals surface area contributed by atoms with Crippen LogP contribution in [0.2, 0.25) is 0 Å². The zero-order valence-electron chi connectivity index (χ0n) is 7.95. The topological polar surface area (TPSA) is 66.6 Å². The van der Waals surface area contributed by atoms with Crippen LogP contribution in [0, 0.1) is 0 Å². The zero-order chi connectivity index (χ0) is 9.52. The molecule has 3 N–H and O–H groups in total. The average molecular weight is 202 g/mol. The van der Waals surface area contributed by atoms with Gasteiger partial charge in [-0.2, -0.15) is 0 Å². The van der Waals surface area contributed by atoms with Gasteiger partial charge in [-0.25, -0.2) is 0 Å². The molecular formula is C8H16N3OS+. The molecule has 5 heteroatoms. The van der Waals surface area contributed by atoms with Crippen molar-refractivity contribution in [3.63, 3.8) is 0 Å². The zero-order valence-corrected chi connectivity index (χ0v) is 8.77. The SMILES string of the molecule is CCCSc1nnc(CCC[NH3+])o1. The molecule has 1 rings (SSSR count). The Hall–Kier alpha value is -0.550. The van der Waals surface area contributed by atoms with Gasteiger partial charge in [-0.05, 0) is 6.42 Å². The van der Waals surface area contributed by atoms with Crippen molar-refractivity contribution >= 4 is 11.8 Å². The molecule has 0 spiro atoms. The molecule has 0 saturated carbocycles. The van der Waals surface area contributed by atoms with Crippen LogP contribution < -0.4 is 5.73 Å². The molecule has 0 aromatic carbocycles. The number of hydrogen-bond acceptors (Lipinski definition) is 4. The van der Waals surface area contributed by atoms with Gasteiger partial charge in [0.05, 0.1) is 6.54 Å². The number of aryl methyl sites for hydroxylation is 1.